The first-order valence-electron chi connectivity index (χ1n) is 3.10. The number of hydrogen-bond acceptors (Lipinski definition) is 3. The summed E-state index contributed by atoms with van der Waals surface area (Å²) in [5.74, 6) is 0.354. The van der Waals surface area contributed by atoms with E-state index in [0.717, 1.165) is 0 Å². The number of rotatable bonds is 2. The number of phenols is 1. The number of carbonyl (C=O) groups is 1. The minimum absolute atomic E-state index is 0. The Morgan fingerprint density at radius 3 is 2.67 bits per heavy atom. The molecule has 1 aromatic carbocycles. The van der Waals surface area contributed by atoms with Crippen molar-refractivity contribution in [3.63, 3.8) is 0 Å². The van der Waals surface area contributed by atoms with Gasteiger partial charge in [-0.25, -0.2) is 0 Å². The summed E-state index contributed by atoms with van der Waals surface area (Å²) < 4.78 is 4.78. The molecule has 1 N–H and O–H groups in total. The van der Waals surface area contributed by atoms with Crippen molar-refractivity contribution in [1.82, 2.24) is 0 Å². The monoisotopic (exact) mass is 176 g/mol. The number of carbonyl (C=O) groups excluding carboxylic acids is 1. The van der Waals surface area contributed by atoms with Crippen molar-refractivity contribution in [1.29, 1.82) is 0 Å². The molecule has 4 heteroatoms. The van der Waals surface area contributed by atoms with Gasteiger partial charge in [0.1, 0.15) is 6.29 Å². The Hall–Kier alpha value is -0.510. The van der Waals surface area contributed by atoms with E-state index < -0.39 is 0 Å². The van der Waals surface area contributed by atoms with Crippen molar-refractivity contribution >= 4 is 35.8 Å². The third-order valence-corrected chi connectivity index (χ3v) is 1.34. The predicted molar refractivity (Wildman–Crippen MR) is 47.2 cm³/mol. The maximum atomic E-state index is 10.2. The van der Waals surface area contributed by atoms with Crippen molar-refractivity contribution in [2.24, 2.45) is 0 Å². The molecule has 12 heavy (non-hydrogen) atoms. The van der Waals surface area contributed by atoms with Crippen LogP contribution in [0.1, 0.15) is 10.4 Å². The molecule has 0 aliphatic heterocycles. The molecular weight excluding hydrogens is 167 g/mol. The first-order chi connectivity index (χ1) is 5.27. The van der Waals surface area contributed by atoms with Gasteiger partial charge in [-0.3, -0.25) is 4.79 Å². The first kappa shape index (κ1) is 11.5. The van der Waals surface area contributed by atoms with E-state index in [1.165, 1.54) is 25.3 Å². The molecule has 0 saturated carbocycles. The van der Waals surface area contributed by atoms with Gasteiger partial charge in [0.05, 0.1) is 7.11 Å². The molecule has 1 rings (SSSR count). The summed E-state index contributed by atoms with van der Waals surface area (Å²) in [5.41, 5.74) is 0.486. The van der Waals surface area contributed by atoms with Crippen LogP contribution < -0.4 is 4.74 Å². The van der Waals surface area contributed by atoms with E-state index in [1.54, 1.807) is 0 Å². The van der Waals surface area contributed by atoms with Gasteiger partial charge in [-0.1, -0.05) is 0 Å². The fourth-order valence-corrected chi connectivity index (χ4v) is 0.768. The van der Waals surface area contributed by atoms with Gasteiger partial charge in [0, 0.05) is 5.56 Å². The maximum absolute atomic E-state index is 10.2. The third kappa shape index (κ3) is 2.52. The fourth-order valence-electron chi connectivity index (χ4n) is 0.768. The van der Waals surface area contributed by atoms with Gasteiger partial charge in [-0.2, -0.15) is 0 Å². The van der Waals surface area contributed by atoms with Crippen molar-refractivity contribution in [2.75, 3.05) is 7.11 Å². The van der Waals surface area contributed by atoms with Crippen LogP contribution in [-0.4, -0.2) is 48.1 Å². The van der Waals surface area contributed by atoms with Crippen molar-refractivity contribution in [2.45, 2.75) is 0 Å². The van der Waals surface area contributed by atoms with E-state index >= 15 is 0 Å². The number of ether oxygens (including phenoxy) is 1. The van der Waals surface area contributed by atoms with E-state index in [9.17, 15) is 4.79 Å². The average Bonchev–Trinajstić information content (AvgIpc) is 2.05. The summed E-state index contributed by atoms with van der Waals surface area (Å²) in [7, 11) is 1.43. The first-order valence-corrected chi connectivity index (χ1v) is 3.10. The molecule has 0 saturated heterocycles. The second kappa shape index (κ2) is 5.19. The van der Waals surface area contributed by atoms with E-state index in [1.807, 2.05) is 0 Å². The number of aldehydes is 1. The van der Waals surface area contributed by atoms with Crippen LogP contribution in [0.3, 0.4) is 0 Å². The Morgan fingerprint density at radius 2 is 2.17 bits per heavy atom. The van der Waals surface area contributed by atoms with Crippen molar-refractivity contribution in [3.8, 4) is 11.5 Å². The van der Waals surface area contributed by atoms with Gasteiger partial charge in [0.2, 0.25) is 0 Å². The van der Waals surface area contributed by atoms with Crippen molar-refractivity contribution in [3.05, 3.63) is 23.8 Å². The van der Waals surface area contributed by atoms with Crippen LogP contribution in [0.4, 0.5) is 0 Å². The molecule has 0 amide bonds. The molecule has 3 nitrogen and oxygen atoms in total. The van der Waals surface area contributed by atoms with Crippen LogP contribution in [0.25, 0.3) is 0 Å². The Balaban J connectivity index is 0.00000121. The molecule has 0 bridgehead atoms. The molecule has 0 aliphatic rings. The summed E-state index contributed by atoms with van der Waals surface area (Å²) in [6, 6.07) is 4.41. The fraction of sp³-hybridized carbons (Fsp3) is 0.125. The number of methoxy groups -OCH3 is 1. The standard InChI is InChI=1S/C8H8O3.Na.H/c1-11-8-4-6(5-9)2-3-7(8)10;;/h2-5,10H,1H3;;. The summed E-state index contributed by atoms with van der Waals surface area (Å²) in [6.07, 6.45) is 0.696. The van der Waals surface area contributed by atoms with Gasteiger partial charge in [-0.15, -0.1) is 0 Å². The van der Waals surface area contributed by atoms with Crippen LogP contribution >= 0.6 is 0 Å². The molecule has 0 radical (unpaired) electrons. The van der Waals surface area contributed by atoms with Gasteiger partial charge < -0.3 is 9.84 Å². The molecule has 0 fully saturated rings. The molecule has 0 heterocycles. The number of phenolic OH excluding ortho intramolecular Hbond substituents is 1. The normalized spacial score (nSPS) is 8.42. The SMILES string of the molecule is COc1cc(C=O)ccc1O.[NaH]. The van der Waals surface area contributed by atoms with Crippen molar-refractivity contribution < 1.29 is 14.6 Å². The molecule has 0 unspecified atom stereocenters. The Labute approximate surface area is 92.6 Å². The molecule has 0 atom stereocenters. The van der Waals surface area contributed by atoms with E-state index in [0.29, 0.717) is 17.6 Å². The number of benzene rings is 1. The van der Waals surface area contributed by atoms with Crippen LogP contribution in [-0.2, 0) is 0 Å². The average molecular weight is 176 g/mol. The minimum atomic E-state index is 0. The molecule has 0 spiro atoms. The second-order valence-corrected chi connectivity index (χ2v) is 2.05. The Kier molecular flexibility index (Phi) is 4.97. The molecule has 0 aliphatic carbocycles. The van der Waals surface area contributed by atoms with E-state index in [2.05, 4.69) is 0 Å². The predicted octanol–water partition coefficient (Wildman–Crippen LogP) is 0.565. The van der Waals surface area contributed by atoms with Crippen LogP contribution in [0, 0.1) is 0 Å². The Morgan fingerprint density at radius 1 is 1.50 bits per heavy atom. The zero-order valence-corrected chi connectivity index (χ0v) is 6.07. The Bertz CT molecular complexity index is 273. The molecule has 60 valence electrons. The summed E-state index contributed by atoms with van der Waals surface area (Å²) in [4.78, 5) is 10.2. The van der Waals surface area contributed by atoms with Gasteiger partial charge in [-0.05, 0) is 18.2 Å². The molecular formula is C8H9NaO3. The number of hydrogen-bond donors (Lipinski definition) is 1. The quantitative estimate of drug-likeness (QED) is 0.529. The summed E-state index contributed by atoms with van der Waals surface area (Å²) in [6.45, 7) is 0. The zero-order chi connectivity index (χ0) is 8.27. The topological polar surface area (TPSA) is 46.5 Å². The zero-order valence-electron chi connectivity index (χ0n) is 6.07. The van der Waals surface area contributed by atoms with Crippen LogP contribution in [0.5, 0.6) is 11.5 Å². The molecule has 1 aromatic rings. The van der Waals surface area contributed by atoms with Gasteiger partial charge >= 0.3 is 29.6 Å². The van der Waals surface area contributed by atoms with E-state index in [4.69, 9.17) is 9.84 Å². The summed E-state index contributed by atoms with van der Waals surface area (Å²) in [5, 5.41) is 9.09. The molecule has 0 aromatic heterocycles. The number of aromatic hydroxyl groups is 1. The van der Waals surface area contributed by atoms with Gasteiger partial charge in [0.25, 0.3) is 0 Å². The van der Waals surface area contributed by atoms with E-state index in [-0.39, 0.29) is 35.3 Å². The second-order valence-electron chi connectivity index (χ2n) is 2.05. The van der Waals surface area contributed by atoms with Crippen LogP contribution in [0.2, 0.25) is 0 Å². The van der Waals surface area contributed by atoms with Gasteiger partial charge in [0.15, 0.2) is 11.5 Å². The third-order valence-electron chi connectivity index (χ3n) is 1.34. The summed E-state index contributed by atoms with van der Waals surface area (Å²) >= 11 is 0. The van der Waals surface area contributed by atoms with Crippen LogP contribution in [0.15, 0.2) is 18.2 Å².